The lowest BCUT2D eigenvalue weighted by atomic mass is 9.98. The number of nitrogens with zero attached hydrogens (tertiary/aromatic N) is 3. The summed E-state index contributed by atoms with van der Waals surface area (Å²) in [6, 6.07) is 10.0. The predicted molar refractivity (Wildman–Crippen MR) is 146 cm³/mol. The summed E-state index contributed by atoms with van der Waals surface area (Å²) in [6.45, 7) is 2.74. The van der Waals surface area contributed by atoms with Crippen LogP contribution < -0.4 is 19.7 Å². The van der Waals surface area contributed by atoms with E-state index in [2.05, 4.69) is 5.32 Å². The molecule has 4 rings (SSSR count). The molecule has 1 heterocycles. The van der Waals surface area contributed by atoms with Crippen LogP contribution >= 0.6 is 0 Å². The number of urea groups is 2. The lowest BCUT2D eigenvalue weighted by molar-refractivity contribution is -0.138. The Morgan fingerprint density at radius 3 is 2.11 bits per heavy atom. The SMILES string of the molecule is COc1cccc(CN2C(=O)N(c3cccc(C(F)(F)F)c3)[C@@H](N(O)C(=O)Nc3cccc(C(F)(F)F)c3)C2(C)C)c1OC. The Hall–Kier alpha value is -4.66. The zero-order valence-corrected chi connectivity index (χ0v) is 23.8. The van der Waals surface area contributed by atoms with Crippen molar-refractivity contribution in [3.8, 4) is 11.5 Å². The van der Waals surface area contributed by atoms with Gasteiger partial charge in [0.05, 0.1) is 37.4 Å². The Kier molecular flexibility index (Phi) is 8.64. The van der Waals surface area contributed by atoms with E-state index >= 15 is 0 Å². The quantitative estimate of drug-likeness (QED) is 0.164. The summed E-state index contributed by atoms with van der Waals surface area (Å²) in [5.74, 6) is 0.612. The number of nitrogens with one attached hydrogen (secondary N) is 1. The van der Waals surface area contributed by atoms with Crippen molar-refractivity contribution in [2.45, 2.75) is 44.4 Å². The number of amides is 4. The third kappa shape index (κ3) is 6.18. The highest BCUT2D eigenvalue weighted by molar-refractivity contribution is 5.98. The minimum absolute atomic E-state index is 0.0707. The normalized spacial score (nSPS) is 16.6. The molecule has 3 aromatic carbocycles. The van der Waals surface area contributed by atoms with Crippen LogP contribution in [0.1, 0.15) is 30.5 Å². The Bertz CT molecular complexity index is 1550. The van der Waals surface area contributed by atoms with E-state index in [4.69, 9.17) is 9.47 Å². The largest absolute Gasteiger partial charge is 0.493 e. The van der Waals surface area contributed by atoms with Gasteiger partial charge in [-0.05, 0) is 56.3 Å². The molecule has 1 fully saturated rings. The fourth-order valence-electron chi connectivity index (χ4n) is 5.01. The molecule has 1 saturated heterocycles. The van der Waals surface area contributed by atoms with Gasteiger partial charge >= 0.3 is 24.4 Å². The third-order valence-electron chi connectivity index (χ3n) is 7.15. The van der Waals surface area contributed by atoms with Crippen LogP contribution in [0.15, 0.2) is 66.7 Å². The number of halogens is 6. The van der Waals surface area contributed by atoms with Crippen molar-refractivity contribution in [3.63, 3.8) is 0 Å². The Morgan fingerprint density at radius 1 is 0.932 bits per heavy atom. The van der Waals surface area contributed by atoms with Gasteiger partial charge in [0.1, 0.15) is 0 Å². The van der Waals surface area contributed by atoms with E-state index in [9.17, 15) is 41.1 Å². The van der Waals surface area contributed by atoms with Crippen molar-refractivity contribution in [1.82, 2.24) is 9.96 Å². The average molecular weight is 627 g/mol. The molecule has 3 aromatic rings. The second kappa shape index (κ2) is 11.8. The molecule has 0 spiro atoms. The molecule has 0 unspecified atom stereocenters. The van der Waals surface area contributed by atoms with E-state index in [0.717, 1.165) is 35.2 Å². The van der Waals surface area contributed by atoms with Crippen molar-refractivity contribution in [2.75, 3.05) is 24.4 Å². The number of anilines is 2. The number of carbonyl (C=O) groups is 2. The summed E-state index contributed by atoms with van der Waals surface area (Å²) >= 11 is 0. The number of carbonyl (C=O) groups excluding carboxylic acids is 2. The summed E-state index contributed by atoms with van der Waals surface area (Å²) < 4.78 is 91.3. The lowest BCUT2D eigenvalue weighted by Crippen LogP contribution is -2.58. The molecule has 0 radical (unpaired) electrons. The highest BCUT2D eigenvalue weighted by Crippen LogP contribution is 2.42. The maximum atomic E-state index is 14.0. The van der Waals surface area contributed by atoms with Crippen LogP contribution in [-0.2, 0) is 18.9 Å². The zero-order valence-electron chi connectivity index (χ0n) is 23.8. The molecule has 236 valence electrons. The summed E-state index contributed by atoms with van der Waals surface area (Å²) in [5.41, 5.74) is -3.86. The molecule has 0 aromatic heterocycles. The lowest BCUT2D eigenvalue weighted by Gasteiger charge is -2.38. The number of alkyl halides is 6. The number of para-hydroxylation sites is 1. The highest BCUT2D eigenvalue weighted by atomic mass is 19.4. The van der Waals surface area contributed by atoms with Crippen LogP contribution in [0.2, 0.25) is 0 Å². The molecule has 44 heavy (non-hydrogen) atoms. The van der Waals surface area contributed by atoms with Gasteiger partial charge in [0, 0.05) is 16.9 Å². The van der Waals surface area contributed by atoms with Gasteiger partial charge in [0.25, 0.3) is 0 Å². The number of benzene rings is 3. The van der Waals surface area contributed by atoms with E-state index in [1.165, 1.54) is 39.0 Å². The number of hydrogen-bond acceptors (Lipinski definition) is 5. The Balaban J connectivity index is 1.78. The number of rotatable bonds is 7. The number of hydroxylamine groups is 2. The first-order valence-electron chi connectivity index (χ1n) is 12.9. The molecule has 1 aliphatic heterocycles. The van der Waals surface area contributed by atoms with E-state index in [-0.39, 0.29) is 28.7 Å². The fraction of sp³-hybridized carbons (Fsp3) is 0.310. The molecular weight excluding hydrogens is 598 g/mol. The van der Waals surface area contributed by atoms with Crippen LogP contribution in [0.4, 0.5) is 47.3 Å². The topological polar surface area (TPSA) is 94.6 Å². The summed E-state index contributed by atoms with van der Waals surface area (Å²) in [4.78, 5) is 29.2. The first kappa shape index (κ1) is 32.3. The highest BCUT2D eigenvalue weighted by Gasteiger charge is 2.56. The van der Waals surface area contributed by atoms with Crippen LogP contribution in [0.5, 0.6) is 11.5 Å². The molecule has 15 heteroatoms. The van der Waals surface area contributed by atoms with Crippen LogP contribution in [-0.4, -0.2) is 53.2 Å². The van der Waals surface area contributed by atoms with Crippen molar-refractivity contribution in [2.24, 2.45) is 0 Å². The van der Waals surface area contributed by atoms with Crippen molar-refractivity contribution in [3.05, 3.63) is 83.4 Å². The van der Waals surface area contributed by atoms with E-state index < -0.39 is 47.2 Å². The number of hydrogen-bond donors (Lipinski definition) is 2. The van der Waals surface area contributed by atoms with Crippen LogP contribution in [0.25, 0.3) is 0 Å². The molecule has 0 bridgehead atoms. The van der Waals surface area contributed by atoms with E-state index in [1.807, 2.05) is 0 Å². The van der Waals surface area contributed by atoms with Gasteiger partial charge in [-0.1, -0.05) is 24.3 Å². The van der Waals surface area contributed by atoms with Gasteiger partial charge < -0.3 is 19.7 Å². The van der Waals surface area contributed by atoms with Gasteiger partial charge in [0.2, 0.25) is 0 Å². The Morgan fingerprint density at radius 2 is 1.52 bits per heavy atom. The molecule has 2 N–H and O–H groups in total. The molecule has 9 nitrogen and oxygen atoms in total. The third-order valence-corrected chi connectivity index (χ3v) is 7.15. The smallest absolute Gasteiger partial charge is 0.416 e. The molecular formula is C29H28F6N4O5. The maximum absolute atomic E-state index is 14.0. The number of methoxy groups -OCH3 is 2. The second-order valence-electron chi connectivity index (χ2n) is 10.3. The van der Waals surface area contributed by atoms with Gasteiger partial charge in [0.15, 0.2) is 17.7 Å². The first-order valence-corrected chi connectivity index (χ1v) is 12.9. The number of ether oxygens (including phenoxy) is 2. The predicted octanol–water partition coefficient (Wildman–Crippen LogP) is 7.21. The molecule has 4 amide bonds. The van der Waals surface area contributed by atoms with Gasteiger partial charge in [-0.2, -0.15) is 31.4 Å². The minimum atomic E-state index is -4.78. The maximum Gasteiger partial charge on any atom is 0.416 e. The van der Waals surface area contributed by atoms with Crippen LogP contribution in [0, 0.1) is 0 Å². The van der Waals surface area contributed by atoms with E-state index in [1.54, 1.807) is 18.2 Å². The second-order valence-corrected chi connectivity index (χ2v) is 10.3. The molecule has 1 atom stereocenters. The van der Waals surface area contributed by atoms with E-state index in [0.29, 0.717) is 23.4 Å². The monoisotopic (exact) mass is 626 g/mol. The summed E-state index contributed by atoms with van der Waals surface area (Å²) in [7, 11) is 2.79. The minimum Gasteiger partial charge on any atom is -0.493 e. The molecule has 1 aliphatic rings. The summed E-state index contributed by atoms with van der Waals surface area (Å²) in [5, 5.41) is 13.4. The van der Waals surface area contributed by atoms with Crippen LogP contribution in [0.3, 0.4) is 0 Å². The molecule has 0 saturated carbocycles. The average Bonchev–Trinajstić information content (AvgIpc) is 3.16. The van der Waals surface area contributed by atoms with Gasteiger partial charge in [-0.15, -0.1) is 0 Å². The van der Waals surface area contributed by atoms with Crippen molar-refractivity contribution in [1.29, 1.82) is 0 Å². The Labute approximate surface area is 248 Å². The van der Waals surface area contributed by atoms with Gasteiger partial charge in [-0.3, -0.25) is 10.1 Å². The van der Waals surface area contributed by atoms with Crippen molar-refractivity contribution >= 4 is 23.4 Å². The zero-order chi connectivity index (χ0) is 32.6. The summed E-state index contributed by atoms with van der Waals surface area (Å²) in [6.07, 6.45) is -11.2. The first-order chi connectivity index (χ1) is 20.5. The van der Waals surface area contributed by atoms with Crippen molar-refractivity contribution < 1.29 is 50.6 Å². The van der Waals surface area contributed by atoms with Gasteiger partial charge in [-0.25, -0.2) is 9.59 Å². The fourth-order valence-corrected chi connectivity index (χ4v) is 5.01. The molecule has 0 aliphatic carbocycles. The standard InChI is InChI=1S/C29H28F6N4O5/c1-27(2)24(39(42)25(40)36-20-11-6-9-18(14-20)28(30,31)32)38(21-12-7-10-19(15-21)29(33,34)35)26(41)37(27)16-17-8-5-13-22(43-3)23(17)44-4/h5-15,24,42H,16H2,1-4H3,(H,36,40)/t24-/m0/s1.